The molecular weight excluding hydrogens is 479 g/mol. The zero-order valence-corrected chi connectivity index (χ0v) is 17.8. The van der Waals surface area contributed by atoms with E-state index in [0.717, 1.165) is 5.56 Å². The van der Waals surface area contributed by atoms with Crippen molar-refractivity contribution in [3.8, 4) is 5.75 Å². The van der Waals surface area contributed by atoms with Crippen LogP contribution in [0.3, 0.4) is 0 Å². The maximum absolute atomic E-state index is 12.5. The predicted molar refractivity (Wildman–Crippen MR) is 108 cm³/mol. The number of alkyl halides is 2. The molecule has 0 saturated carbocycles. The van der Waals surface area contributed by atoms with Crippen LogP contribution in [0.4, 0.5) is 8.78 Å². The molecule has 0 bridgehead atoms. The van der Waals surface area contributed by atoms with E-state index in [1.54, 1.807) is 19.2 Å². The fourth-order valence-corrected chi connectivity index (χ4v) is 4.59. The van der Waals surface area contributed by atoms with Crippen LogP contribution in [0.2, 0.25) is 0 Å². The van der Waals surface area contributed by atoms with Crippen LogP contribution < -0.4 is 15.4 Å². The summed E-state index contributed by atoms with van der Waals surface area (Å²) in [6, 6.07) is 4.98. The lowest BCUT2D eigenvalue weighted by Crippen LogP contribution is -2.39. The van der Waals surface area contributed by atoms with Gasteiger partial charge in [0.05, 0.1) is 11.5 Å². The Morgan fingerprint density at radius 1 is 1.38 bits per heavy atom. The van der Waals surface area contributed by atoms with Gasteiger partial charge in [0.1, 0.15) is 5.75 Å². The largest absolute Gasteiger partial charge is 0.434 e. The molecule has 1 aromatic rings. The van der Waals surface area contributed by atoms with Gasteiger partial charge in [0.25, 0.3) is 0 Å². The number of nitrogens with one attached hydrogen (secondary N) is 2. The number of aliphatic imine (C=N–C) groups is 1. The van der Waals surface area contributed by atoms with E-state index in [0.29, 0.717) is 24.5 Å². The third-order valence-corrected chi connectivity index (χ3v) is 5.82. The van der Waals surface area contributed by atoms with E-state index >= 15 is 0 Å². The van der Waals surface area contributed by atoms with Gasteiger partial charge in [-0.2, -0.15) is 8.78 Å². The van der Waals surface area contributed by atoms with E-state index in [9.17, 15) is 17.2 Å². The van der Waals surface area contributed by atoms with E-state index in [2.05, 4.69) is 20.4 Å². The maximum Gasteiger partial charge on any atom is 0.387 e. The number of halogens is 3. The van der Waals surface area contributed by atoms with Crippen molar-refractivity contribution in [3.63, 3.8) is 0 Å². The lowest BCUT2D eigenvalue weighted by molar-refractivity contribution is -0.0504. The smallest absolute Gasteiger partial charge is 0.387 e. The predicted octanol–water partition coefficient (Wildman–Crippen LogP) is 2.31. The summed E-state index contributed by atoms with van der Waals surface area (Å²) < 4.78 is 52.5. The zero-order chi connectivity index (χ0) is 18.4. The van der Waals surface area contributed by atoms with E-state index in [4.69, 9.17) is 0 Å². The molecule has 1 unspecified atom stereocenters. The first-order valence-corrected chi connectivity index (χ1v) is 9.80. The molecule has 10 heteroatoms. The Balaban J connectivity index is 0.00000338. The lowest BCUT2D eigenvalue weighted by atomic mass is 10.1. The third-order valence-electron chi connectivity index (χ3n) is 3.99. The molecule has 1 saturated heterocycles. The molecule has 0 aromatic heterocycles. The van der Waals surface area contributed by atoms with Gasteiger partial charge in [-0.05, 0) is 25.3 Å². The highest BCUT2D eigenvalue weighted by Crippen LogP contribution is 2.22. The molecule has 0 aliphatic carbocycles. The number of rotatable bonds is 6. The standard InChI is InChI=1S/C16H23F2N3O3S.HI/c1-11-3-4-14(24-15(17)18)13(7-11)9-21-16(19-2)20-8-12-5-6-25(22,23)10-12;/h3-4,7,12,15H,5-6,8-10H2,1-2H3,(H2,19,20,21);1H. The molecule has 1 fully saturated rings. The molecule has 1 aliphatic rings. The molecule has 0 spiro atoms. The van der Waals surface area contributed by atoms with E-state index in [-0.39, 0.29) is 53.7 Å². The Hall–Kier alpha value is -1.17. The highest BCUT2D eigenvalue weighted by molar-refractivity contribution is 14.0. The number of guanidine groups is 1. The molecule has 1 heterocycles. The molecule has 148 valence electrons. The minimum absolute atomic E-state index is 0. The first-order chi connectivity index (χ1) is 11.8. The van der Waals surface area contributed by atoms with Crippen LogP contribution in [0.25, 0.3) is 0 Å². The second-order valence-corrected chi connectivity index (χ2v) is 8.29. The van der Waals surface area contributed by atoms with Gasteiger partial charge in [-0.15, -0.1) is 24.0 Å². The first-order valence-electron chi connectivity index (χ1n) is 7.98. The van der Waals surface area contributed by atoms with Gasteiger partial charge in [0, 0.05) is 25.7 Å². The van der Waals surface area contributed by atoms with Crippen molar-refractivity contribution in [2.24, 2.45) is 10.9 Å². The van der Waals surface area contributed by atoms with Crippen LogP contribution in [0.5, 0.6) is 5.75 Å². The molecular formula is C16H24F2IN3O3S. The van der Waals surface area contributed by atoms with Gasteiger partial charge in [-0.1, -0.05) is 17.7 Å². The van der Waals surface area contributed by atoms with Crippen LogP contribution in [0, 0.1) is 12.8 Å². The van der Waals surface area contributed by atoms with Crippen LogP contribution >= 0.6 is 24.0 Å². The Morgan fingerprint density at radius 3 is 2.69 bits per heavy atom. The molecule has 0 amide bonds. The normalized spacial score (nSPS) is 19.1. The average molecular weight is 503 g/mol. The number of aryl methyl sites for hydroxylation is 1. The summed E-state index contributed by atoms with van der Waals surface area (Å²) >= 11 is 0. The van der Waals surface area contributed by atoms with E-state index in [1.807, 2.05) is 6.92 Å². The SMILES string of the molecule is CN=C(NCc1cc(C)ccc1OC(F)F)NCC1CCS(=O)(=O)C1.I. The molecule has 1 aliphatic heterocycles. The van der Waals surface area contributed by atoms with Crippen molar-refractivity contribution in [2.45, 2.75) is 26.5 Å². The van der Waals surface area contributed by atoms with Crippen molar-refractivity contribution < 1.29 is 21.9 Å². The summed E-state index contributed by atoms with van der Waals surface area (Å²) in [4.78, 5) is 4.07. The summed E-state index contributed by atoms with van der Waals surface area (Å²) in [5.74, 6) is 1.06. The minimum atomic E-state index is -2.92. The maximum atomic E-state index is 12.5. The van der Waals surface area contributed by atoms with Crippen LogP contribution in [0.1, 0.15) is 17.5 Å². The van der Waals surface area contributed by atoms with Crippen molar-refractivity contribution in [2.75, 3.05) is 25.1 Å². The van der Waals surface area contributed by atoms with Gasteiger partial charge < -0.3 is 15.4 Å². The molecule has 6 nitrogen and oxygen atoms in total. The Morgan fingerprint density at radius 2 is 2.12 bits per heavy atom. The minimum Gasteiger partial charge on any atom is -0.434 e. The van der Waals surface area contributed by atoms with E-state index in [1.165, 1.54) is 6.07 Å². The molecule has 1 atom stereocenters. The summed E-state index contributed by atoms with van der Waals surface area (Å²) in [7, 11) is -1.32. The molecule has 0 radical (unpaired) electrons. The monoisotopic (exact) mass is 503 g/mol. The summed E-state index contributed by atoms with van der Waals surface area (Å²) in [6.07, 6.45) is 0.636. The van der Waals surface area contributed by atoms with Crippen molar-refractivity contribution in [1.29, 1.82) is 0 Å². The quantitative estimate of drug-likeness (QED) is 0.354. The number of hydrogen-bond acceptors (Lipinski definition) is 4. The summed E-state index contributed by atoms with van der Waals surface area (Å²) in [5.41, 5.74) is 1.52. The second-order valence-electron chi connectivity index (χ2n) is 6.07. The molecule has 26 heavy (non-hydrogen) atoms. The highest BCUT2D eigenvalue weighted by atomic mass is 127. The van der Waals surface area contributed by atoms with Crippen molar-refractivity contribution in [3.05, 3.63) is 29.3 Å². The summed E-state index contributed by atoms with van der Waals surface area (Å²) in [5, 5.41) is 6.12. The Bertz CT molecular complexity index is 729. The third kappa shape index (κ3) is 7.22. The van der Waals surface area contributed by atoms with Gasteiger partial charge in [-0.25, -0.2) is 8.42 Å². The fourth-order valence-electron chi connectivity index (χ4n) is 2.73. The molecule has 1 aromatic carbocycles. The average Bonchev–Trinajstić information content (AvgIpc) is 2.88. The van der Waals surface area contributed by atoms with Gasteiger partial charge in [0.2, 0.25) is 0 Å². The van der Waals surface area contributed by atoms with E-state index < -0.39 is 16.4 Å². The summed E-state index contributed by atoms with van der Waals surface area (Å²) in [6.45, 7) is -0.272. The van der Waals surface area contributed by atoms with Gasteiger partial charge >= 0.3 is 6.61 Å². The van der Waals surface area contributed by atoms with Crippen molar-refractivity contribution >= 4 is 39.8 Å². The van der Waals surface area contributed by atoms with Crippen LogP contribution in [-0.2, 0) is 16.4 Å². The number of benzene rings is 1. The lowest BCUT2D eigenvalue weighted by Gasteiger charge is -2.16. The topological polar surface area (TPSA) is 79.8 Å². The van der Waals surface area contributed by atoms with Crippen molar-refractivity contribution in [1.82, 2.24) is 10.6 Å². The van der Waals surface area contributed by atoms with Gasteiger partial charge in [-0.3, -0.25) is 4.99 Å². The number of hydrogen-bond donors (Lipinski definition) is 2. The van der Waals surface area contributed by atoms with Crippen LogP contribution in [-0.4, -0.2) is 46.1 Å². The first kappa shape index (κ1) is 22.9. The Kier molecular flexibility index (Phi) is 9.01. The zero-order valence-electron chi connectivity index (χ0n) is 14.7. The van der Waals surface area contributed by atoms with Gasteiger partial charge in [0.15, 0.2) is 15.8 Å². The number of nitrogens with zero attached hydrogens (tertiary/aromatic N) is 1. The molecule has 2 N–H and O–H groups in total. The van der Waals surface area contributed by atoms with Crippen LogP contribution in [0.15, 0.2) is 23.2 Å². The second kappa shape index (κ2) is 10.2. The fraction of sp³-hybridized carbons (Fsp3) is 0.562. The highest BCUT2D eigenvalue weighted by Gasteiger charge is 2.27. The number of ether oxygens (including phenoxy) is 1. The molecule has 2 rings (SSSR count). The number of sulfone groups is 1. The Labute approximate surface area is 169 Å².